The minimum absolute atomic E-state index is 0.0170. The number of rotatable bonds is 9. The molecule has 0 saturated heterocycles. The summed E-state index contributed by atoms with van der Waals surface area (Å²) in [7, 11) is -2.52. The number of aromatic nitrogens is 4. The highest BCUT2D eigenvalue weighted by atomic mass is 32.1. The molecule has 0 radical (unpaired) electrons. The van der Waals surface area contributed by atoms with Crippen LogP contribution >= 0.6 is 19.9 Å². The maximum atomic E-state index is 14.4. The van der Waals surface area contributed by atoms with Crippen molar-refractivity contribution in [1.82, 2.24) is 25.1 Å². The molecule has 1 aliphatic carbocycles. The van der Waals surface area contributed by atoms with Crippen LogP contribution in [0.15, 0.2) is 40.6 Å². The molecule has 0 aliphatic heterocycles. The normalized spacial score (nSPS) is 14.7. The molecule has 3 aromatic heterocycles. The fraction of sp³-hybridized carbons (Fsp3) is 0.375. The van der Waals surface area contributed by atoms with Crippen molar-refractivity contribution >= 4 is 37.8 Å². The molecule has 40 heavy (non-hydrogen) atoms. The van der Waals surface area contributed by atoms with Gasteiger partial charge < -0.3 is 25.9 Å². The van der Waals surface area contributed by atoms with E-state index in [0.29, 0.717) is 10.6 Å². The number of nitrogens with two attached hydrogens (primary N) is 1. The molecule has 1 amide bonds. The van der Waals surface area contributed by atoms with E-state index < -0.39 is 32.0 Å². The van der Waals surface area contributed by atoms with Crippen molar-refractivity contribution in [3.63, 3.8) is 0 Å². The van der Waals surface area contributed by atoms with Gasteiger partial charge in [-0.1, -0.05) is 19.3 Å². The second-order valence-corrected chi connectivity index (χ2v) is 10.1. The largest absolute Gasteiger partial charge is 0.397 e. The van der Waals surface area contributed by atoms with Gasteiger partial charge in [-0.15, -0.1) is 11.3 Å². The first-order valence-corrected chi connectivity index (χ1v) is 14.3. The van der Waals surface area contributed by atoms with Crippen LogP contribution in [0.3, 0.4) is 0 Å². The highest BCUT2D eigenvalue weighted by Crippen LogP contribution is 2.27. The highest BCUT2D eigenvalue weighted by Gasteiger charge is 2.19. The van der Waals surface area contributed by atoms with Crippen LogP contribution in [-0.4, -0.2) is 59.4 Å². The third-order valence-corrected chi connectivity index (χ3v) is 6.75. The number of pyridine rings is 1. The Kier molecular flexibility index (Phi) is 12.2. The third-order valence-electron chi connectivity index (χ3n) is 5.52. The SMILES string of the molecule is CCO.N/C(=C(\C=NC1CCCCC1)NC(=O)c1csc(-c2cnn(COP(O)O)c2)n1)c1nc(F)ccc1F. The molecule has 0 spiro atoms. The minimum Gasteiger partial charge on any atom is -0.397 e. The fourth-order valence-corrected chi connectivity index (χ4v) is 4.66. The van der Waals surface area contributed by atoms with Crippen LogP contribution in [-0.2, 0) is 11.3 Å². The quantitative estimate of drug-likeness (QED) is 0.140. The molecule has 3 heterocycles. The van der Waals surface area contributed by atoms with Crippen LogP contribution in [0.25, 0.3) is 16.3 Å². The highest BCUT2D eigenvalue weighted by molar-refractivity contribution is 7.39. The average Bonchev–Trinajstić information content (AvgIpc) is 3.62. The maximum Gasteiger partial charge on any atom is 0.328 e. The number of aliphatic hydroxyl groups is 1. The Morgan fingerprint density at radius 3 is 2.73 bits per heavy atom. The van der Waals surface area contributed by atoms with E-state index in [0.717, 1.165) is 44.2 Å². The van der Waals surface area contributed by atoms with E-state index in [1.54, 1.807) is 13.1 Å². The predicted molar refractivity (Wildman–Crippen MR) is 147 cm³/mol. The average molecular weight is 598 g/mol. The summed E-state index contributed by atoms with van der Waals surface area (Å²) in [6.07, 6.45) is 9.40. The number of allylic oxidation sites excluding steroid dienone is 1. The van der Waals surface area contributed by atoms with Gasteiger partial charge in [-0.2, -0.15) is 9.49 Å². The second kappa shape index (κ2) is 15.6. The molecule has 216 valence electrons. The Hall–Kier alpha value is -3.20. The van der Waals surface area contributed by atoms with Gasteiger partial charge in [0, 0.05) is 30.0 Å². The van der Waals surface area contributed by atoms with Gasteiger partial charge in [-0.3, -0.25) is 14.3 Å². The summed E-state index contributed by atoms with van der Waals surface area (Å²) in [5, 5.41) is 16.2. The lowest BCUT2D eigenvalue weighted by Gasteiger charge is -2.18. The molecular formula is C24H30F2N7O5PS. The monoisotopic (exact) mass is 597 g/mol. The summed E-state index contributed by atoms with van der Waals surface area (Å²) >= 11 is 1.18. The van der Waals surface area contributed by atoms with Gasteiger partial charge >= 0.3 is 8.60 Å². The standard InChI is InChI=1S/C22H24F2N7O4PS.C2H6O/c23-15-6-7-18(24)30-20(15)19(25)16(9-26-14-4-2-1-3-5-14)28-21(32)17-11-37-22(29-17)13-8-27-31(10-13)12-35-36(33)34;1-2-3/h6-11,14,33-34H,1-5,12,25H2,(H,28,32);3H,2H2,1H3/b19-16+,26-9?;. The van der Waals surface area contributed by atoms with E-state index >= 15 is 0 Å². The summed E-state index contributed by atoms with van der Waals surface area (Å²) in [4.78, 5) is 43.1. The van der Waals surface area contributed by atoms with Crippen LogP contribution in [0.1, 0.15) is 55.2 Å². The topological polar surface area (TPSA) is 181 Å². The lowest BCUT2D eigenvalue weighted by atomic mass is 9.96. The van der Waals surface area contributed by atoms with Crippen LogP contribution in [0, 0.1) is 11.8 Å². The molecule has 1 aliphatic rings. The maximum absolute atomic E-state index is 14.4. The molecule has 0 aromatic carbocycles. The number of halogens is 2. The summed E-state index contributed by atoms with van der Waals surface area (Å²) < 4.78 is 34.1. The van der Waals surface area contributed by atoms with Gasteiger partial charge in [-0.05, 0) is 31.9 Å². The van der Waals surface area contributed by atoms with Gasteiger partial charge in [0.15, 0.2) is 5.82 Å². The van der Waals surface area contributed by atoms with Gasteiger partial charge in [0.25, 0.3) is 5.91 Å². The lowest BCUT2D eigenvalue weighted by molar-refractivity contribution is 0.0964. The van der Waals surface area contributed by atoms with E-state index in [1.807, 2.05) is 0 Å². The number of nitrogens with one attached hydrogen (secondary N) is 1. The van der Waals surface area contributed by atoms with Gasteiger partial charge in [0.2, 0.25) is 5.95 Å². The van der Waals surface area contributed by atoms with Crippen LogP contribution in [0.2, 0.25) is 0 Å². The first-order chi connectivity index (χ1) is 19.2. The van der Waals surface area contributed by atoms with Gasteiger partial charge in [0.05, 0.1) is 23.6 Å². The number of carbonyl (C=O) groups is 1. The molecule has 3 aromatic rings. The molecule has 0 atom stereocenters. The minimum atomic E-state index is -2.52. The zero-order chi connectivity index (χ0) is 29.1. The van der Waals surface area contributed by atoms with Crippen LogP contribution in [0.5, 0.6) is 0 Å². The summed E-state index contributed by atoms with van der Waals surface area (Å²) in [5.41, 5.74) is 6.04. The van der Waals surface area contributed by atoms with Gasteiger partial charge in [0.1, 0.15) is 23.1 Å². The van der Waals surface area contributed by atoms with Crippen molar-refractivity contribution in [3.8, 4) is 10.6 Å². The molecule has 0 unspecified atom stereocenters. The summed E-state index contributed by atoms with van der Waals surface area (Å²) in [5.74, 6) is -2.39. The Labute approximate surface area is 234 Å². The predicted octanol–water partition coefficient (Wildman–Crippen LogP) is 3.32. The number of thiazole rings is 1. The third kappa shape index (κ3) is 9.18. The van der Waals surface area contributed by atoms with Crippen LogP contribution < -0.4 is 11.1 Å². The molecule has 4 rings (SSSR count). The Morgan fingerprint density at radius 1 is 1.30 bits per heavy atom. The van der Waals surface area contributed by atoms with Crippen molar-refractivity contribution in [2.75, 3.05) is 6.61 Å². The van der Waals surface area contributed by atoms with Crippen LogP contribution in [0.4, 0.5) is 8.78 Å². The number of aliphatic hydroxyl groups excluding tert-OH is 1. The summed E-state index contributed by atoms with van der Waals surface area (Å²) in [6, 6.07) is 1.82. The number of hydrogen-bond donors (Lipinski definition) is 5. The number of carbonyl (C=O) groups excluding carboxylic acids is 1. The molecule has 12 nitrogen and oxygen atoms in total. The number of hydrogen-bond acceptors (Lipinski definition) is 11. The molecule has 1 fully saturated rings. The van der Waals surface area contributed by atoms with E-state index in [4.69, 9.17) is 25.2 Å². The number of aliphatic imine (C=N–C) groups is 1. The van der Waals surface area contributed by atoms with Crippen molar-refractivity contribution in [2.24, 2.45) is 10.7 Å². The molecule has 0 bridgehead atoms. The summed E-state index contributed by atoms with van der Waals surface area (Å²) in [6.45, 7) is 1.76. The zero-order valence-electron chi connectivity index (χ0n) is 21.6. The second-order valence-electron chi connectivity index (χ2n) is 8.45. The zero-order valence-corrected chi connectivity index (χ0v) is 23.3. The molecular weight excluding hydrogens is 567 g/mol. The fourth-order valence-electron chi connectivity index (χ4n) is 3.67. The first-order valence-electron chi connectivity index (χ1n) is 12.3. The number of nitrogens with zero attached hydrogens (tertiary/aromatic N) is 5. The van der Waals surface area contributed by atoms with E-state index in [1.165, 1.54) is 33.8 Å². The smallest absolute Gasteiger partial charge is 0.328 e. The lowest BCUT2D eigenvalue weighted by Crippen LogP contribution is -2.27. The van der Waals surface area contributed by atoms with E-state index in [9.17, 15) is 13.6 Å². The van der Waals surface area contributed by atoms with E-state index in [-0.39, 0.29) is 36.5 Å². The molecule has 16 heteroatoms. The molecule has 6 N–H and O–H groups in total. The molecule has 1 saturated carbocycles. The van der Waals surface area contributed by atoms with Crippen molar-refractivity contribution < 1.29 is 33.0 Å². The van der Waals surface area contributed by atoms with Crippen molar-refractivity contribution in [1.29, 1.82) is 0 Å². The van der Waals surface area contributed by atoms with Gasteiger partial charge in [-0.25, -0.2) is 19.0 Å². The number of amides is 1. The van der Waals surface area contributed by atoms with Crippen molar-refractivity contribution in [2.45, 2.75) is 51.8 Å². The Morgan fingerprint density at radius 2 is 2.02 bits per heavy atom. The Bertz CT molecular complexity index is 1330. The first kappa shape index (κ1) is 31.3. The van der Waals surface area contributed by atoms with E-state index in [2.05, 4.69) is 25.4 Å². The Balaban J connectivity index is 0.00000141. The van der Waals surface area contributed by atoms with Crippen molar-refractivity contribution in [3.05, 3.63) is 58.8 Å².